The van der Waals surface area contributed by atoms with Gasteiger partial charge >= 0.3 is 0 Å². The minimum atomic E-state index is -0.187. The van der Waals surface area contributed by atoms with Gasteiger partial charge in [-0.2, -0.15) is 0 Å². The van der Waals surface area contributed by atoms with Gasteiger partial charge in [-0.25, -0.2) is 0 Å². The molecule has 0 unspecified atom stereocenters. The van der Waals surface area contributed by atoms with Crippen LogP contribution in [0.2, 0.25) is 0 Å². The molecule has 0 atom stereocenters. The summed E-state index contributed by atoms with van der Waals surface area (Å²) in [5, 5.41) is 10.3. The zero-order valence-electron chi connectivity index (χ0n) is 11.7. The van der Waals surface area contributed by atoms with Gasteiger partial charge in [0.25, 0.3) is 0 Å². The van der Waals surface area contributed by atoms with Crippen molar-refractivity contribution in [2.24, 2.45) is 5.73 Å². The number of hydrogen-bond acceptors (Lipinski definition) is 3. The molecule has 0 saturated heterocycles. The Balaban J connectivity index is 3.39. The molecule has 18 heavy (non-hydrogen) atoms. The van der Waals surface area contributed by atoms with Crippen molar-refractivity contribution in [3.63, 3.8) is 0 Å². The fourth-order valence-electron chi connectivity index (χ4n) is 1.95. The molecule has 1 rings (SSSR count). The van der Waals surface area contributed by atoms with Crippen molar-refractivity contribution < 1.29 is 9.90 Å². The molecule has 3 nitrogen and oxygen atoms in total. The smallest absolute Gasteiger partial charge is 0.167 e. The van der Waals surface area contributed by atoms with Gasteiger partial charge in [-0.05, 0) is 30.0 Å². The van der Waals surface area contributed by atoms with E-state index in [9.17, 15) is 9.90 Å². The number of phenols is 1. The number of ketones is 1. The summed E-state index contributed by atoms with van der Waals surface area (Å²) < 4.78 is 0. The Labute approximate surface area is 109 Å². The molecule has 0 aliphatic heterocycles. The summed E-state index contributed by atoms with van der Waals surface area (Å²) in [6.07, 6.45) is 1.11. The van der Waals surface area contributed by atoms with E-state index in [1.165, 1.54) is 0 Å². The van der Waals surface area contributed by atoms with Crippen molar-refractivity contribution in [1.29, 1.82) is 0 Å². The van der Waals surface area contributed by atoms with Crippen LogP contribution < -0.4 is 5.73 Å². The van der Waals surface area contributed by atoms with Crippen LogP contribution in [0.1, 0.15) is 55.6 Å². The van der Waals surface area contributed by atoms with E-state index in [0.29, 0.717) is 12.1 Å². The van der Waals surface area contributed by atoms with Gasteiger partial charge in [-0.15, -0.1) is 0 Å². The molecule has 0 bridgehead atoms. The molecule has 0 spiro atoms. The van der Waals surface area contributed by atoms with Gasteiger partial charge in [0.15, 0.2) is 5.78 Å². The van der Waals surface area contributed by atoms with Gasteiger partial charge in [0.1, 0.15) is 5.75 Å². The fraction of sp³-hybridized carbons (Fsp3) is 0.533. The van der Waals surface area contributed by atoms with Crippen LogP contribution in [0.5, 0.6) is 5.75 Å². The molecular weight excluding hydrogens is 226 g/mol. The summed E-state index contributed by atoms with van der Waals surface area (Å²) in [5.74, 6) is 0.0222. The number of aryl methyl sites for hydroxylation is 1. The summed E-state index contributed by atoms with van der Waals surface area (Å²) in [5.41, 5.74) is 7.52. The second kappa shape index (κ2) is 5.53. The van der Waals surface area contributed by atoms with Crippen molar-refractivity contribution in [2.75, 3.05) is 6.54 Å². The maximum atomic E-state index is 12.0. The number of carbonyl (C=O) groups excluding carboxylic acids is 1. The molecule has 0 heterocycles. The Hall–Kier alpha value is -1.35. The van der Waals surface area contributed by atoms with E-state index in [1.54, 1.807) is 6.07 Å². The number of carbonyl (C=O) groups is 1. The third-order valence-corrected chi connectivity index (χ3v) is 3.06. The predicted molar refractivity (Wildman–Crippen MR) is 74.2 cm³/mol. The molecule has 0 amide bonds. The zero-order chi connectivity index (χ0) is 13.9. The minimum Gasteiger partial charge on any atom is -0.507 e. The van der Waals surface area contributed by atoms with Crippen LogP contribution in [-0.4, -0.2) is 17.4 Å². The second-order valence-corrected chi connectivity index (χ2v) is 5.60. The SMILES string of the molecule is CCc1cc(C(=O)CCN)c(O)c(C(C)(C)C)c1. The lowest BCUT2D eigenvalue weighted by atomic mass is 9.83. The van der Waals surface area contributed by atoms with Crippen LogP contribution >= 0.6 is 0 Å². The number of rotatable bonds is 4. The Morgan fingerprint density at radius 3 is 2.39 bits per heavy atom. The van der Waals surface area contributed by atoms with E-state index in [-0.39, 0.29) is 23.4 Å². The number of aromatic hydroxyl groups is 1. The van der Waals surface area contributed by atoms with E-state index in [1.807, 2.05) is 33.8 Å². The number of benzene rings is 1. The highest BCUT2D eigenvalue weighted by Gasteiger charge is 2.23. The summed E-state index contributed by atoms with van der Waals surface area (Å²) in [6, 6.07) is 3.76. The minimum absolute atomic E-state index is 0.0872. The topological polar surface area (TPSA) is 63.3 Å². The monoisotopic (exact) mass is 249 g/mol. The van der Waals surface area contributed by atoms with Crippen LogP contribution in [0.3, 0.4) is 0 Å². The lowest BCUT2D eigenvalue weighted by Crippen LogP contribution is -2.15. The first-order valence-corrected chi connectivity index (χ1v) is 6.40. The predicted octanol–water partition coefficient (Wildman–Crippen LogP) is 2.78. The lowest BCUT2D eigenvalue weighted by molar-refractivity contribution is 0.0982. The normalized spacial score (nSPS) is 11.6. The first-order valence-electron chi connectivity index (χ1n) is 6.40. The summed E-state index contributed by atoms with van der Waals surface area (Å²) in [6.45, 7) is 8.42. The Bertz CT molecular complexity index is 445. The molecule has 0 aliphatic carbocycles. The zero-order valence-corrected chi connectivity index (χ0v) is 11.7. The van der Waals surface area contributed by atoms with Gasteiger partial charge < -0.3 is 10.8 Å². The molecule has 1 aromatic carbocycles. The number of nitrogens with two attached hydrogens (primary N) is 1. The molecule has 0 radical (unpaired) electrons. The maximum Gasteiger partial charge on any atom is 0.167 e. The van der Waals surface area contributed by atoms with Crippen molar-refractivity contribution in [3.8, 4) is 5.75 Å². The van der Waals surface area contributed by atoms with Crippen molar-refractivity contribution in [1.82, 2.24) is 0 Å². The van der Waals surface area contributed by atoms with E-state index in [0.717, 1.165) is 17.5 Å². The highest BCUT2D eigenvalue weighted by molar-refractivity contribution is 5.99. The second-order valence-electron chi connectivity index (χ2n) is 5.60. The van der Waals surface area contributed by atoms with E-state index in [2.05, 4.69) is 0 Å². The maximum absolute atomic E-state index is 12.0. The number of Topliss-reactive ketones (excluding diaryl/α,β-unsaturated/α-hetero) is 1. The fourth-order valence-corrected chi connectivity index (χ4v) is 1.95. The van der Waals surface area contributed by atoms with E-state index in [4.69, 9.17) is 5.73 Å². The van der Waals surface area contributed by atoms with Crippen molar-refractivity contribution >= 4 is 5.78 Å². The van der Waals surface area contributed by atoms with Gasteiger partial charge in [0, 0.05) is 12.0 Å². The third-order valence-electron chi connectivity index (χ3n) is 3.06. The summed E-state index contributed by atoms with van der Waals surface area (Å²) in [4.78, 5) is 12.0. The number of phenolic OH excluding ortho intramolecular Hbond substituents is 1. The molecule has 0 fully saturated rings. The Kier molecular flexibility index (Phi) is 4.52. The van der Waals surface area contributed by atoms with Gasteiger partial charge in [-0.3, -0.25) is 4.79 Å². The average molecular weight is 249 g/mol. The van der Waals surface area contributed by atoms with Crippen molar-refractivity contribution in [2.45, 2.75) is 46.0 Å². The highest BCUT2D eigenvalue weighted by Crippen LogP contribution is 2.35. The van der Waals surface area contributed by atoms with Crippen LogP contribution in [0.25, 0.3) is 0 Å². The molecular formula is C15H23NO2. The highest BCUT2D eigenvalue weighted by atomic mass is 16.3. The molecule has 100 valence electrons. The number of hydrogen-bond donors (Lipinski definition) is 2. The average Bonchev–Trinajstić information content (AvgIpc) is 2.28. The van der Waals surface area contributed by atoms with E-state index < -0.39 is 0 Å². The molecule has 0 aromatic heterocycles. The molecule has 3 N–H and O–H groups in total. The molecule has 3 heteroatoms. The van der Waals surface area contributed by atoms with Crippen LogP contribution in [0, 0.1) is 0 Å². The molecule has 1 aromatic rings. The first-order chi connectivity index (χ1) is 8.31. The Morgan fingerprint density at radius 2 is 1.94 bits per heavy atom. The van der Waals surface area contributed by atoms with Gasteiger partial charge in [-0.1, -0.05) is 33.8 Å². The van der Waals surface area contributed by atoms with Crippen molar-refractivity contribution in [3.05, 3.63) is 28.8 Å². The standard InChI is InChI=1S/C15H23NO2/c1-5-10-8-11(13(17)6-7-16)14(18)12(9-10)15(2,3)4/h8-9,18H,5-7,16H2,1-4H3. The van der Waals surface area contributed by atoms with Crippen LogP contribution in [-0.2, 0) is 11.8 Å². The third kappa shape index (κ3) is 3.10. The van der Waals surface area contributed by atoms with E-state index >= 15 is 0 Å². The summed E-state index contributed by atoms with van der Waals surface area (Å²) >= 11 is 0. The van der Waals surface area contributed by atoms with Crippen LogP contribution in [0.15, 0.2) is 12.1 Å². The van der Waals surface area contributed by atoms with Gasteiger partial charge in [0.05, 0.1) is 5.56 Å². The first kappa shape index (κ1) is 14.7. The summed E-state index contributed by atoms with van der Waals surface area (Å²) in [7, 11) is 0. The van der Waals surface area contributed by atoms with Crippen LogP contribution in [0.4, 0.5) is 0 Å². The Morgan fingerprint density at radius 1 is 1.33 bits per heavy atom. The lowest BCUT2D eigenvalue weighted by Gasteiger charge is -2.23. The quantitative estimate of drug-likeness (QED) is 0.806. The molecule has 0 saturated carbocycles. The van der Waals surface area contributed by atoms with Gasteiger partial charge in [0.2, 0.25) is 0 Å². The molecule has 0 aliphatic rings. The largest absolute Gasteiger partial charge is 0.507 e.